The minimum atomic E-state index is -0.750. The summed E-state index contributed by atoms with van der Waals surface area (Å²) in [5.41, 5.74) is 0.736. The standard InChI is InChI=1S/C14H13ClN2O3/c1-3-10-8-12(18)13(14(19)20-2)16-17(10)11-6-4-9(15)5-7-11/h4-8H,3H2,1-2H3. The van der Waals surface area contributed by atoms with E-state index in [1.165, 1.54) is 13.2 Å². The number of hydrogen-bond acceptors (Lipinski definition) is 4. The molecule has 0 atom stereocenters. The van der Waals surface area contributed by atoms with E-state index in [4.69, 9.17) is 11.6 Å². The molecule has 0 saturated heterocycles. The SMILES string of the molecule is CCc1cc(=O)c(C(=O)OC)nn1-c1ccc(Cl)cc1. The molecule has 1 aromatic carbocycles. The van der Waals surface area contributed by atoms with Crippen molar-refractivity contribution < 1.29 is 9.53 Å². The third-order valence-electron chi connectivity index (χ3n) is 2.82. The van der Waals surface area contributed by atoms with Gasteiger partial charge in [0.15, 0.2) is 0 Å². The van der Waals surface area contributed by atoms with Crippen LogP contribution in [0.15, 0.2) is 35.1 Å². The van der Waals surface area contributed by atoms with E-state index in [1.54, 1.807) is 28.9 Å². The summed E-state index contributed by atoms with van der Waals surface area (Å²) < 4.78 is 6.11. The molecule has 1 aromatic heterocycles. The molecule has 20 heavy (non-hydrogen) atoms. The maximum atomic E-state index is 11.8. The molecule has 0 saturated carbocycles. The van der Waals surface area contributed by atoms with Gasteiger partial charge in [0.05, 0.1) is 12.8 Å². The number of methoxy groups -OCH3 is 1. The fraction of sp³-hybridized carbons (Fsp3) is 0.214. The minimum absolute atomic E-state index is 0.236. The number of rotatable bonds is 3. The summed E-state index contributed by atoms with van der Waals surface area (Å²) >= 11 is 5.85. The van der Waals surface area contributed by atoms with Crippen molar-refractivity contribution in [2.75, 3.05) is 7.11 Å². The number of hydrogen-bond donors (Lipinski definition) is 0. The van der Waals surface area contributed by atoms with Crippen molar-refractivity contribution in [3.05, 3.63) is 57.0 Å². The van der Waals surface area contributed by atoms with Crippen LogP contribution in [0.2, 0.25) is 5.02 Å². The Balaban J connectivity index is 2.64. The van der Waals surface area contributed by atoms with E-state index in [2.05, 4.69) is 9.84 Å². The number of esters is 1. The number of carbonyl (C=O) groups is 1. The van der Waals surface area contributed by atoms with Crippen molar-refractivity contribution in [1.82, 2.24) is 9.78 Å². The Morgan fingerprint density at radius 1 is 1.35 bits per heavy atom. The lowest BCUT2D eigenvalue weighted by Crippen LogP contribution is -2.24. The topological polar surface area (TPSA) is 61.2 Å². The number of nitrogens with zero attached hydrogens (tertiary/aromatic N) is 2. The van der Waals surface area contributed by atoms with Crippen LogP contribution in [0.4, 0.5) is 0 Å². The van der Waals surface area contributed by atoms with Crippen molar-refractivity contribution in [3.8, 4) is 5.69 Å². The molecule has 0 aliphatic rings. The lowest BCUT2D eigenvalue weighted by molar-refractivity contribution is 0.0590. The van der Waals surface area contributed by atoms with E-state index >= 15 is 0 Å². The van der Waals surface area contributed by atoms with Crippen LogP contribution in [0.25, 0.3) is 5.69 Å². The van der Waals surface area contributed by atoms with Gasteiger partial charge in [-0.15, -0.1) is 0 Å². The molecule has 0 aliphatic carbocycles. The second kappa shape index (κ2) is 5.88. The van der Waals surface area contributed by atoms with Crippen molar-refractivity contribution in [3.63, 3.8) is 0 Å². The summed E-state index contributed by atoms with van der Waals surface area (Å²) in [6, 6.07) is 8.36. The fourth-order valence-corrected chi connectivity index (χ4v) is 1.92. The summed E-state index contributed by atoms with van der Waals surface area (Å²) in [4.78, 5) is 23.4. The maximum Gasteiger partial charge on any atom is 0.362 e. The van der Waals surface area contributed by atoms with Crippen molar-refractivity contribution in [2.24, 2.45) is 0 Å². The highest BCUT2D eigenvalue weighted by Gasteiger charge is 2.16. The van der Waals surface area contributed by atoms with Crippen LogP contribution in [0, 0.1) is 0 Å². The molecule has 104 valence electrons. The van der Waals surface area contributed by atoms with E-state index in [0.29, 0.717) is 17.1 Å². The first-order chi connectivity index (χ1) is 9.56. The summed E-state index contributed by atoms with van der Waals surface area (Å²) in [5.74, 6) is -0.750. The molecule has 6 heteroatoms. The largest absolute Gasteiger partial charge is 0.464 e. The zero-order valence-corrected chi connectivity index (χ0v) is 11.8. The van der Waals surface area contributed by atoms with E-state index in [1.807, 2.05) is 6.92 Å². The third kappa shape index (κ3) is 2.72. The molecule has 0 unspecified atom stereocenters. The van der Waals surface area contributed by atoms with E-state index in [0.717, 1.165) is 5.69 Å². The number of aromatic nitrogens is 2. The number of halogens is 1. The molecular formula is C14H13ClN2O3. The van der Waals surface area contributed by atoms with Crippen molar-refractivity contribution >= 4 is 17.6 Å². The Morgan fingerprint density at radius 3 is 2.55 bits per heavy atom. The molecule has 0 radical (unpaired) electrons. The predicted molar refractivity (Wildman–Crippen MR) is 75.6 cm³/mol. The van der Waals surface area contributed by atoms with Gasteiger partial charge in [-0.05, 0) is 30.7 Å². The van der Waals surface area contributed by atoms with Crippen LogP contribution in [0.3, 0.4) is 0 Å². The van der Waals surface area contributed by atoms with Gasteiger partial charge in [0.25, 0.3) is 0 Å². The molecule has 0 spiro atoms. The van der Waals surface area contributed by atoms with Gasteiger partial charge < -0.3 is 4.74 Å². The van der Waals surface area contributed by atoms with Crippen LogP contribution >= 0.6 is 11.6 Å². The zero-order chi connectivity index (χ0) is 14.7. The summed E-state index contributed by atoms with van der Waals surface area (Å²) in [7, 11) is 1.21. The van der Waals surface area contributed by atoms with E-state index < -0.39 is 11.4 Å². The van der Waals surface area contributed by atoms with Crippen LogP contribution in [-0.4, -0.2) is 22.9 Å². The van der Waals surface area contributed by atoms with E-state index in [9.17, 15) is 9.59 Å². The Bertz CT molecular complexity index is 693. The predicted octanol–water partition coefficient (Wildman–Crippen LogP) is 2.23. The fourth-order valence-electron chi connectivity index (χ4n) is 1.79. The monoisotopic (exact) mass is 292 g/mol. The average Bonchev–Trinajstić information content (AvgIpc) is 2.47. The number of carbonyl (C=O) groups excluding carboxylic acids is 1. The molecule has 0 aliphatic heterocycles. The first-order valence-corrected chi connectivity index (χ1v) is 6.42. The van der Waals surface area contributed by atoms with Crippen LogP contribution in [0.1, 0.15) is 23.1 Å². The lowest BCUT2D eigenvalue weighted by atomic mass is 10.2. The van der Waals surface area contributed by atoms with Crippen molar-refractivity contribution in [2.45, 2.75) is 13.3 Å². The van der Waals surface area contributed by atoms with Gasteiger partial charge in [-0.2, -0.15) is 5.10 Å². The molecule has 0 amide bonds. The summed E-state index contributed by atoms with van der Waals surface area (Å²) in [5, 5.41) is 4.70. The van der Waals surface area contributed by atoms with Gasteiger partial charge >= 0.3 is 5.97 Å². The van der Waals surface area contributed by atoms with E-state index in [-0.39, 0.29) is 5.69 Å². The second-order valence-corrected chi connectivity index (χ2v) is 4.52. The van der Waals surface area contributed by atoms with Gasteiger partial charge in [-0.25, -0.2) is 9.48 Å². The zero-order valence-electron chi connectivity index (χ0n) is 11.1. The Kier molecular flexibility index (Phi) is 4.20. The molecule has 0 fully saturated rings. The molecule has 0 N–H and O–H groups in total. The highest BCUT2D eigenvalue weighted by atomic mass is 35.5. The lowest BCUT2D eigenvalue weighted by Gasteiger charge is -2.12. The number of benzene rings is 1. The van der Waals surface area contributed by atoms with Gasteiger partial charge in [-0.1, -0.05) is 18.5 Å². The van der Waals surface area contributed by atoms with Crippen LogP contribution in [0.5, 0.6) is 0 Å². The average molecular weight is 293 g/mol. The molecule has 2 aromatic rings. The highest BCUT2D eigenvalue weighted by molar-refractivity contribution is 6.30. The van der Waals surface area contributed by atoms with Crippen molar-refractivity contribution in [1.29, 1.82) is 0 Å². The van der Waals surface area contributed by atoms with Gasteiger partial charge in [-0.3, -0.25) is 4.79 Å². The first kappa shape index (κ1) is 14.3. The summed E-state index contributed by atoms with van der Waals surface area (Å²) in [6.07, 6.45) is 0.603. The smallest absolute Gasteiger partial charge is 0.362 e. The first-order valence-electron chi connectivity index (χ1n) is 6.04. The Morgan fingerprint density at radius 2 is 2.00 bits per heavy atom. The third-order valence-corrected chi connectivity index (χ3v) is 3.07. The van der Waals surface area contributed by atoms with Crippen LogP contribution < -0.4 is 5.43 Å². The maximum absolute atomic E-state index is 11.8. The van der Waals surface area contributed by atoms with Gasteiger partial charge in [0.1, 0.15) is 0 Å². The normalized spacial score (nSPS) is 10.3. The van der Waals surface area contributed by atoms with Crippen LogP contribution in [-0.2, 0) is 11.2 Å². The van der Waals surface area contributed by atoms with Gasteiger partial charge in [0.2, 0.25) is 11.1 Å². The Labute approximate surface area is 120 Å². The highest BCUT2D eigenvalue weighted by Crippen LogP contribution is 2.14. The summed E-state index contributed by atoms with van der Waals surface area (Å²) in [6.45, 7) is 1.90. The van der Waals surface area contributed by atoms with Gasteiger partial charge in [0, 0.05) is 16.8 Å². The molecule has 2 rings (SSSR count). The second-order valence-electron chi connectivity index (χ2n) is 4.08. The molecular weight excluding hydrogens is 280 g/mol. The number of aryl methyl sites for hydroxylation is 1. The molecule has 0 bridgehead atoms. The Hall–Kier alpha value is -2.14. The molecule has 5 nitrogen and oxygen atoms in total. The quantitative estimate of drug-likeness (QED) is 0.814. The number of ether oxygens (including phenoxy) is 1. The molecule has 1 heterocycles. The minimum Gasteiger partial charge on any atom is -0.464 e.